The van der Waals surface area contributed by atoms with Gasteiger partial charge in [-0.2, -0.15) is 10.1 Å². The maximum absolute atomic E-state index is 12.1. The zero-order valence-corrected chi connectivity index (χ0v) is 14.7. The summed E-state index contributed by atoms with van der Waals surface area (Å²) in [6.07, 6.45) is 1.42. The van der Waals surface area contributed by atoms with E-state index in [2.05, 4.69) is 15.1 Å². The van der Waals surface area contributed by atoms with E-state index in [9.17, 15) is 4.79 Å². The summed E-state index contributed by atoms with van der Waals surface area (Å²) in [7, 11) is 3.88. The van der Waals surface area contributed by atoms with Crippen molar-refractivity contribution in [1.82, 2.24) is 24.6 Å². The summed E-state index contributed by atoms with van der Waals surface area (Å²) in [5.74, 6) is 0.0543. The lowest BCUT2D eigenvalue weighted by Gasteiger charge is -2.13. The molecule has 130 valence electrons. The van der Waals surface area contributed by atoms with Gasteiger partial charge in [0.15, 0.2) is 0 Å². The van der Waals surface area contributed by atoms with Crippen LogP contribution in [-0.2, 0) is 4.74 Å². The average molecular weight is 333 g/mol. The molecule has 0 bridgehead atoms. The molecule has 0 spiro atoms. The Kier molecular flexibility index (Phi) is 5.86. The number of aryl methyl sites for hydroxylation is 2. The van der Waals surface area contributed by atoms with Gasteiger partial charge in [0, 0.05) is 12.2 Å². The molecule has 0 amide bonds. The van der Waals surface area contributed by atoms with Crippen molar-refractivity contribution in [3.05, 3.63) is 29.2 Å². The number of rotatable bonds is 7. The summed E-state index contributed by atoms with van der Waals surface area (Å²) in [6.45, 7) is 6.92. The highest BCUT2D eigenvalue weighted by molar-refractivity contribution is 5.91. The lowest BCUT2D eigenvalue weighted by molar-refractivity contribution is 0.0519. The van der Waals surface area contributed by atoms with Crippen LogP contribution in [0.5, 0.6) is 5.88 Å². The molecule has 24 heavy (non-hydrogen) atoms. The van der Waals surface area contributed by atoms with E-state index >= 15 is 0 Å². The molecule has 0 radical (unpaired) electrons. The molecule has 0 N–H and O–H groups in total. The largest absolute Gasteiger partial charge is 0.476 e. The van der Waals surface area contributed by atoms with Crippen LogP contribution in [0, 0.1) is 13.8 Å². The van der Waals surface area contributed by atoms with Crippen LogP contribution in [0.1, 0.15) is 28.7 Å². The summed E-state index contributed by atoms with van der Waals surface area (Å²) < 4.78 is 12.3. The quantitative estimate of drug-likeness (QED) is 0.708. The van der Waals surface area contributed by atoms with Crippen molar-refractivity contribution < 1.29 is 14.3 Å². The highest BCUT2D eigenvalue weighted by Gasteiger charge is 2.19. The Morgan fingerprint density at radius 3 is 2.67 bits per heavy atom. The molecule has 0 atom stereocenters. The van der Waals surface area contributed by atoms with Gasteiger partial charge in [-0.25, -0.2) is 14.5 Å². The maximum atomic E-state index is 12.1. The van der Waals surface area contributed by atoms with E-state index in [4.69, 9.17) is 9.47 Å². The van der Waals surface area contributed by atoms with E-state index in [-0.39, 0.29) is 18.1 Å². The average Bonchev–Trinajstić information content (AvgIpc) is 2.85. The minimum absolute atomic E-state index is 0.202. The number of ether oxygens (including phenoxy) is 2. The number of carbonyl (C=O) groups is 1. The molecule has 8 heteroatoms. The Hall–Kier alpha value is -2.48. The van der Waals surface area contributed by atoms with Crippen molar-refractivity contribution in [3.8, 4) is 11.8 Å². The number of likely N-dealkylation sites (N-methyl/N-ethyl adjacent to an activating group) is 1. The van der Waals surface area contributed by atoms with Crippen LogP contribution >= 0.6 is 0 Å². The second kappa shape index (κ2) is 7.87. The van der Waals surface area contributed by atoms with E-state index in [1.807, 2.05) is 38.9 Å². The van der Waals surface area contributed by atoms with Crippen LogP contribution in [0.25, 0.3) is 5.95 Å². The second-order valence-electron chi connectivity index (χ2n) is 5.60. The Labute approximate surface area is 141 Å². The molecule has 0 aromatic carbocycles. The standard InChI is InChI=1S/C16H23N5O3/c1-6-23-15(22)13-10-17-16(21-12(3)9-11(2)19-21)18-14(13)24-8-7-20(4)5/h9-10H,6-8H2,1-5H3. The van der Waals surface area contributed by atoms with Crippen LogP contribution in [-0.4, -0.2) is 64.5 Å². The van der Waals surface area contributed by atoms with Gasteiger partial charge in [0.2, 0.25) is 5.88 Å². The SMILES string of the molecule is CCOC(=O)c1cnc(-n2nc(C)cc2C)nc1OCCN(C)C. The van der Waals surface area contributed by atoms with Crippen LogP contribution in [0.3, 0.4) is 0 Å². The number of nitrogens with zero attached hydrogens (tertiary/aromatic N) is 5. The lowest BCUT2D eigenvalue weighted by atomic mass is 10.3. The molecular formula is C16H23N5O3. The lowest BCUT2D eigenvalue weighted by Crippen LogP contribution is -2.21. The van der Waals surface area contributed by atoms with Crippen molar-refractivity contribution in [1.29, 1.82) is 0 Å². The number of hydrogen-bond acceptors (Lipinski definition) is 7. The van der Waals surface area contributed by atoms with Crippen LogP contribution < -0.4 is 4.74 Å². The number of hydrogen-bond donors (Lipinski definition) is 0. The van der Waals surface area contributed by atoms with Gasteiger partial charge in [-0.15, -0.1) is 0 Å². The van der Waals surface area contributed by atoms with E-state index in [1.54, 1.807) is 11.6 Å². The van der Waals surface area contributed by atoms with Gasteiger partial charge in [0.1, 0.15) is 12.2 Å². The Morgan fingerprint density at radius 2 is 2.08 bits per heavy atom. The topological polar surface area (TPSA) is 82.4 Å². The summed E-state index contributed by atoms with van der Waals surface area (Å²) in [6, 6.07) is 1.93. The Bertz CT molecular complexity index is 712. The predicted molar refractivity (Wildman–Crippen MR) is 88.6 cm³/mol. The molecule has 0 aliphatic carbocycles. The third kappa shape index (κ3) is 4.29. The highest BCUT2D eigenvalue weighted by atomic mass is 16.5. The summed E-state index contributed by atoms with van der Waals surface area (Å²) in [5, 5.41) is 4.35. The zero-order valence-electron chi connectivity index (χ0n) is 14.7. The third-order valence-electron chi connectivity index (χ3n) is 3.21. The zero-order chi connectivity index (χ0) is 17.7. The molecule has 8 nitrogen and oxygen atoms in total. The van der Waals surface area contributed by atoms with Crippen LogP contribution in [0.15, 0.2) is 12.3 Å². The van der Waals surface area contributed by atoms with Crippen LogP contribution in [0.2, 0.25) is 0 Å². The maximum Gasteiger partial charge on any atom is 0.345 e. The molecule has 2 heterocycles. The number of esters is 1. The first-order valence-corrected chi connectivity index (χ1v) is 7.77. The minimum atomic E-state index is -0.503. The van der Waals surface area contributed by atoms with Gasteiger partial charge in [-0.1, -0.05) is 0 Å². The fourth-order valence-electron chi connectivity index (χ4n) is 2.07. The molecule has 0 saturated carbocycles. The summed E-state index contributed by atoms with van der Waals surface area (Å²) >= 11 is 0. The van der Waals surface area contributed by atoms with Gasteiger partial charge in [0.05, 0.1) is 18.5 Å². The molecule has 2 rings (SSSR count). The van der Waals surface area contributed by atoms with Crippen molar-refractivity contribution in [2.45, 2.75) is 20.8 Å². The van der Waals surface area contributed by atoms with Gasteiger partial charge in [0.25, 0.3) is 5.95 Å². The molecule has 2 aromatic rings. The molecule has 0 aliphatic rings. The van der Waals surface area contributed by atoms with Gasteiger partial charge in [-0.3, -0.25) is 0 Å². The predicted octanol–water partition coefficient (Wildman–Crippen LogP) is 1.40. The number of carbonyl (C=O) groups excluding carboxylic acids is 1. The normalized spacial score (nSPS) is 10.9. The smallest absolute Gasteiger partial charge is 0.345 e. The van der Waals surface area contributed by atoms with Gasteiger partial charge < -0.3 is 14.4 Å². The van der Waals surface area contributed by atoms with Crippen molar-refractivity contribution in [3.63, 3.8) is 0 Å². The first kappa shape index (κ1) is 17.9. The number of aromatic nitrogens is 4. The molecule has 2 aromatic heterocycles. The molecule has 0 aliphatic heterocycles. The molecule has 0 unspecified atom stereocenters. The fourth-order valence-corrected chi connectivity index (χ4v) is 2.07. The monoisotopic (exact) mass is 333 g/mol. The first-order chi connectivity index (χ1) is 11.4. The summed E-state index contributed by atoms with van der Waals surface area (Å²) in [5.41, 5.74) is 1.97. The van der Waals surface area contributed by atoms with Crippen molar-refractivity contribution >= 4 is 5.97 Å². The molecular weight excluding hydrogens is 310 g/mol. The van der Waals surface area contributed by atoms with Crippen molar-refractivity contribution in [2.75, 3.05) is 33.9 Å². The second-order valence-corrected chi connectivity index (χ2v) is 5.60. The highest BCUT2D eigenvalue weighted by Crippen LogP contribution is 2.18. The molecule has 0 saturated heterocycles. The summed E-state index contributed by atoms with van der Waals surface area (Å²) in [4.78, 5) is 22.6. The van der Waals surface area contributed by atoms with Crippen molar-refractivity contribution in [2.24, 2.45) is 0 Å². The van der Waals surface area contributed by atoms with E-state index in [0.29, 0.717) is 19.1 Å². The van der Waals surface area contributed by atoms with Crippen LogP contribution in [0.4, 0.5) is 0 Å². The Morgan fingerprint density at radius 1 is 1.33 bits per heavy atom. The minimum Gasteiger partial charge on any atom is -0.476 e. The fraction of sp³-hybridized carbons (Fsp3) is 0.500. The third-order valence-corrected chi connectivity index (χ3v) is 3.21. The van der Waals surface area contributed by atoms with E-state index in [1.165, 1.54) is 6.20 Å². The van der Waals surface area contributed by atoms with Gasteiger partial charge in [-0.05, 0) is 40.9 Å². The molecule has 0 fully saturated rings. The van der Waals surface area contributed by atoms with Gasteiger partial charge >= 0.3 is 5.97 Å². The Balaban J connectivity index is 2.35. The van der Waals surface area contributed by atoms with E-state index < -0.39 is 5.97 Å². The first-order valence-electron chi connectivity index (χ1n) is 7.77. The van der Waals surface area contributed by atoms with E-state index in [0.717, 1.165) is 11.4 Å².